The second kappa shape index (κ2) is 11.2. The Kier molecular flexibility index (Phi) is 9.34. The van der Waals surface area contributed by atoms with Crippen LogP contribution in [0.1, 0.15) is 63.9 Å². The number of amides is 1. The van der Waals surface area contributed by atoms with Gasteiger partial charge in [0.05, 0.1) is 0 Å². The van der Waals surface area contributed by atoms with Gasteiger partial charge in [0.2, 0.25) is 0 Å². The first-order valence-electron chi connectivity index (χ1n) is 8.08. The number of anilines is 1. The standard InChI is InChI=1S/C18H28NO2/c1-3-4-5-6-7-8-9-10-12-16-13-11-14-17(15-16)19-18(20)21-2/h11,13-15H,2-10,12H2,1H3,(H,19,20). The fraction of sp³-hybridized carbons (Fsp3) is 0.556. The largest absolute Gasteiger partial charge is 0.446 e. The summed E-state index contributed by atoms with van der Waals surface area (Å²) in [5, 5.41) is 2.64. The minimum absolute atomic E-state index is 0.528. The van der Waals surface area contributed by atoms with Gasteiger partial charge < -0.3 is 4.74 Å². The molecule has 0 heterocycles. The maximum atomic E-state index is 11.1. The van der Waals surface area contributed by atoms with Crippen LogP contribution >= 0.6 is 0 Å². The summed E-state index contributed by atoms with van der Waals surface area (Å²) < 4.78 is 4.35. The Morgan fingerprint density at radius 1 is 1.10 bits per heavy atom. The van der Waals surface area contributed by atoms with Crippen LogP contribution in [0.5, 0.6) is 0 Å². The molecule has 0 aliphatic heterocycles. The van der Waals surface area contributed by atoms with E-state index in [4.69, 9.17) is 0 Å². The number of unbranched alkanes of at least 4 members (excludes halogenated alkanes) is 7. The maximum absolute atomic E-state index is 11.1. The molecular formula is C18H28NO2. The number of benzene rings is 1. The van der Waals surface area contributed by atoms with Gasteiger partial charge in [-0.05, 0) is 30.5 Å². The molecular weight excluding hydrogens is 262 g/mol. The SMILES string of the molecule is [CH2]OC(=O)Nc1cccc(CCCCCCCCCC)c1. The number of nitrogens with one attached hydrogen (secondary N) is 1. The summed E-state index contributed by atoms with van der Waals surface area (Å²) in [5.74, 6) is 0. The van der Waals surface area contributed by atoms with Crippen molar-refractivity contribution in [3.63, 3.8) is 0 Å². The summed E-state index contributed by atoms with van der Waals surface area (Å²) in [7, 11) is 3.09. The van der Waals surface area contributed by atoms with Crippen molar-refractivity contribution >= 4 is 11.8 Å². The lowest BCUT2D eigenvalue weighted by atomic mass is 10.0. The molecule has 1 amide bonds. The monoisotopic (exact) mass is 290 g/mol. The lowest BCUT2D eigenvalue weighted by Gasteiger charge is -2.06. The smallest absolute Gasteiger partial charge is 0.411 e. The molecule has 117 valence electrons. The van der Waals surface area contributed by atoms with Gasteiger partial charge in [0.15, 0.2) is 0 Å². The van der Waals surface area contributed by atoms with Crippen LogP contribution < -0.4 is 5.32 Å². The molecule has 0 bridgehead atoms. The van der Waals surface area contributed by atoms with Crippen LogP contribution in [0.25, 0.3) is 0 Å². The second-order valence-electron chi connectivity index (χ2n) is 5.48. The number of hydrogen-bond donors (Lipinski definition) is 1. The number of aryl methyl sites for hydroxylation is 1. The first-order valence-corrected chi connectivity index (χ1v) is 8.08. The van der Waals surface area contributed by atoms with Crippen LogP contribution in [0.3, 0.4) is 0 Å². The van der Waals surface area contributed by atoms with E-state index in [1.807, 2.05) is 18.2 Å². The van der Waals surface area contributed by atoms with Gasteiger partial charge in [0, 0.05) is 5.69 Å². The Hall–Kier alpha value is -1.51. The second-order valence-corrected chi connectivity index (χ2v) is 5.48. The number of hydrogen-bond acceptors (Lipinski definition) is 2. The number of carbonyl (C=O) groups is 1. The van der Waals surface area contributed by atoms with Gasteiger partial charge in [-0.15, -0.1) is 0 Å². The summed E-state index contributed by atoms with van der Waals surface area (Å²) in [5.41, 5.74) is 2.02. The highest BCUT2D eigenvalue weighted by atomic mass is 16.5. The molecule has 21 heavy (non-hydrogen) atoms. The van der Waals surface area contributed by atoms with E-state index < -0.39 is 6.09 Å². The number of rotatable bonds is 10. The van der Waals surface area contributed by atoms with Gasteiger partial charge in [-0.25, -0.2) is 4.79 Å². The third kappa shape index (κ3) is 8.38. The molecule has 0 saturated heterocycles. The molecule has 1 rings (SSSR count). The fourth-order valence-corrected chi connectivity index (χ4v) is 2.42. The van der Waals surface area contributed by atoms with E-state index in [0.717, 1.165) is 12.1 Å². The van der Waals surface area contributed by atoms with E-state index in [1.54, 1.807) is 0 Å². The van der Waals surface area contributed by atoms with Crippen LogP contribution in [0.4, 0.5) is 10.5 Å². The van der Waals surface area contributed by atoms with Crippen LogP contribution in [0, 0.1) is 7.11 Å². The first kappa shape index (κ1) is 17.5. The van der Waals surface area contributed by atoms with Crippen molar-refractivity contribution in [1.29, 1.82) is 0 Å². The van der Waals surface area contributed by atoms with Crippen LogP contribution in [-0.2, 0) is 11.2 Å². The summed E-state index contributed by atoms with van der Waals surface area (Å²) in [6.07, 6.45) is 11.1. The molecule has 3 heteroatoms. The Balaban J connectivity index is 2.17. The average Bonchev–Trinajstić information content (AvgIpc) is 2.50. The number of ether oxygens (including phenoxy) is 1. The topological polar surface area (TPSA) is 38.3 Å². The summed E-state index contributed by atoms with van der Waals surface area (Å²) >= 11 is 0. The normalized spacial score (nSPS) is 10.4. The highest BCUT2D eigenvalue weighted by Crippen LogP contribution is 2.15. The van der Waals surface area contributed by atoms with Crippen molar-refractivity contribution < 1.29 is 9.53 Å². The quantitative estimate of drug-likeness (QED) is 0.560. The highest BCUT2D eigenvalue weighted by Gasteiger charge is 2.01. The molecule has 1 aromatic rings. The third-order valence-electron chi connectivity index (χ3n) is 3.62. The van der Waals surface area contributed by atoms with E-state index >= 15 is 0 Å². The van der Waals surface area contributed by atoms with Crippen molar-refractivity contribution in [2.75, 3.05) is 5.32 Å². The number of carbonyl (C=O) groups excluding carboxylic acids is 1. The zero-order valence-electron chi connectivity index (χ0n) is 13.2. The molecule has 3 nitrogen and oxygen atoms in total. The molecule has 1 aromatic carbocycles. The van der Waals surface area contributed by atoms with Gasteiger partial charge in [0.25, 0.3) is 0 Å². The first-order chi connectivity index (χ1) is 10.3. The Bertz CT molecular complexity index is 404. The molecule has 0 saturated carbocycles. The van der Waals surface area contributed by atoms with E-state index in [1.165, 1.54) is 56.9 Å². The van der Waals surface area contributed by atoms with Crippen LogP contribution in [0.2, 0.25) is 0 Å². The van der Waals surface area contributed by atoms with E-state index in [0.29, 0.717) is 0 Å². The molecule has 0 fully saturated rings. The van der Waals surface area contributed by atoms with Crippen molar-refractivity contribution in [2.45, 2.75) is 64.7 Å². The highest BCUT2D eigenvalue weighted by molar-refractivity contribution is 5.84. The molecule has 0 unspecified atom stereocenters. The Labute approximate surface area is 129 Å². The summed E-state index contributed by atoms with van der Waals surface area (Å²) in [6, 6.07) is 7.91. The molecule has 0 spiro atoms. The molecule has 0 aliphatic carbocycles. The van der Waals surface area contributed by atoms with Gasteiger partial charge >= 0.3 is 6.09 Å². The maximum Gasteiger partial charge on any atom is 0.411 e. The molecule has 0 atom stereocenters. The minimum Gasteiger partial charge on any atom is -0.446 e. The van der Waals surface area contributed by atoms with Gasteiger partial charge in [-0.3, -0.25) is 5.32 Å². The third-order valence-corrected chi connectivity index (χ3v) is 3.62. The van der Waals surface area contributed by atoms with Crippen LogP contribution in [-0.4, -0.2) is 6.09 Å². The average molecular weight is 290 g/mol. The predicted molar refractivity (Wildman–Crippen MR) is 88.2 cm³/mol. The van der Waals surface area contributed by atoms with Gasteiger partial charge in [-0.2, -0.15) is 0 Å². The van der Waals surface area contributed by atoms with E-state index in [9.17, 15) is 4.79 Å². The zero-order valence-corrected chi connectivity index (χ0v) is 13.2. The van der Waals surface area contributed by atoms with Crippen molar-refractivity contribution in [2.24, 2.45) is 0 Å². The van der Waals surface area contributed by atoms with Crippen molar-refractivity contribution in [1.82, 2.24) is 0 Å². The summed E-state index contributed by atoms with van der Waals surface area (Å²) in [4.78, 5) is 11.1. The van der Waals surface area contributed by atoms with Crippen LogP contribution in [0.15, 0.2) is 24.3 Å². The van der Waals surface area contributed by atoms with Crippen molar-refractivity contribution in [3.05, 3.63) is 36.9 Å². The fourth-order valence-electron chi connectivity index (χ4n) is 2.42. The molecule has 1 radical (unpaired) electrons. The van der Waals surface area contributed by atoms with E-state index in [-0.39, 0.29) is 0 Å². The Morgan fingerprint density at radius 3 is 2.43 bits per heavy atom. The molecule has 0 aromatic heterocycles. The predicted octanol–water partition coefficient (Wildman–Crippen LogP) is 5.71. The lowest BCUT2D eigenvalue weighted by molar-refractivity contribution is 0.199. The lowest BCUT2D eigenvalue weighted by Crippen LogP contribution is -2.09. The van der Waals surface area contributed by atoms with Gasteiger partial charge in [-0.1, -0.05) is 64.0 Å². The van der Waals surface area contributed by atoms with E-state index in [2.05, 4.69) is 30.2 Å². The zero-order chi connectivity index (χ0) is 15.3. The summed E-state index contributed by atoms with van der Waals surface area (Å²) in [6.45, 7) is 2.25. The molecule has 1 N–H and O–H groups in total. The van der Waals surface area contributed by atoms with Gasteiger partial charge in [0.1, 0.15) is 7.11 Å². The molecule has 0 aliphatic rings. The Morgan fingerprint density at radius 2 is 1.76 bits per heavy atom. The minimum atomic E-state index is -0.528. The van der Waals surface area contributed by atoms with Crippen molar-refractivity contribution in [3.8, 4) is 0 Å².